The van der Waals surface area contributed by atoms with E-state index in [9.17, 15) is 13.2 Å². The molecule has 2 aromatic carbocycles. The fourth-order valence-corrected chi connectivity index (χ4v) is 5.73. The van der Waals surface area contributed by atoms with Crippen LogP contribution in [0.15, 0.2) is 65.7 Å². The Morgan fingerprint density at radius 1 is 1.13 bits per heavy atom. The highest BCUT2D eigenvalue weighted by molar-refractivity contribution is 7.89. The molecule has 3 aromatic rings. The summed E-state index contributed by atoms with van der Waals surface area (Å²) >= 11 is 0. The molecule has 1 unspecified atom stereocenters. The molecule has 30 heavy (non-hydrogen) atoms. The van der Waals surface area contributed by atoms with E-state index in [1.54, 1.807) is 30.3 Å². The fourth-order valence-electron chi connectivity index (χ4n) is 4.05. The molecule has 0 aliphatic carbocycles. The number of fused-ring (bicyclic) bond motifs is 1. The number of piperidine rings is 1. The first-order valence-electron chi connectivity index (χ1n) is 10.1. The number of benzene rings is 2. The Morgan fingerprint density at radius 3 is 2.67 bits per heavy atom. The smallest absolute Gasteiger partial charge is 0.243 e. The van der Waals surface area contributed by atoms with E-state index in [1.807, 2.05) is 30.5 Å². The first-order valence-corrected chi connectivity index (χ1v) is 11.6. The summed E-state index contributed by atoms with van der Waals surface area (Å²) < 4.78 is 27.5. The average Bonchev–Trinajstić information content (AvgIpc) is 3.17. The minimum atomic E-state index is -3.74. The summed E-state index contributed by atoms with van der Waals surface area (Å²) in [6.45, 7) is 0.326. The monoisotopic (exact) mass is 426 g/mol. The number of nitrogens with one attached hydrogen (secondary N) is 2. The van der Waals surface area contributed by atoms with Gasteiger partial charge in [0.05, 0.1) is 11.1 Å². The number of H-pyrrole nitrogens is 1. The molecular formula is C22H26N4O3S. The molecule has 1 saturated heterocycles. The topological polar surface area (TPSA) is 108 Å². The molecule has 2 atom stereocenters. The van der Waals surface area contributed by atoms with E-state index in [1.165, 1.54) is 4.31 Å². The zero-order valence-electron chi connectivity index (χ0n) is 16.6. The molecule has 0 bridgehead atoms. The van der Waals surface area contributed by atoms with Crippen molar-refractivity contribution in [2.24, 2.45) is 5.73 Å². The molecule has 1 aliphatic rings. The van der Waals surface area contributed by atoms with Gasteiger partial charge in [0.25, 0.3) is 0 Å². The van der Waals surface area contributed by atoms with Gasteiger partial charge in [-0.25, -0.2) is 8.42 Å². The Labute approximate surface area is 176 Å². The average molecular weight is 427 g/mol. The minimum Gasteiger partial charge on any atom is -0.361 e. The number of hydrogen-bond donors (Lipinski definition) is 3. The van der Waals surface area contributed by atoms with Gasteiger partial charge in [0.15, 0.2) is 0 Å². The first-order chi connectivity index (χ1) is 14.5. The van der Waals surface area contributed by atoms with Gasteiger partial charge in [-0.05, 0) is 36.6 Å². The maximum Gasteiger partial charge on any atom is 0.243 e. The van der Waals surface area contributed by atoms with Crippen molar-refractivity contribution in [1.29, 1.82) is 0 Å². The molecule has 1 amide bonds. The quantitative estimate of drug-likeness (QED) is 0.526. The number of nitrogens with two attached hydrogens (primary N) is 1. The van der Waals surface area contributed by atoms with Crippen molar-refractivity contribution in [3.63, 3.8) is 0 Å². The van der Waals surface area contributed by atoms with Gasteiger partial charge in [-0.3, -0.25) is 4.79 Å². The van der Waals surface area contributed by atoms with Crippen molar-refractivity contribution in [2.45, 2.75) is 42.8 Å². The molecule has 1 aliphatic heterocycles. The van der Waals surface area contributed by atoms with Crippen molar-refractivity contribution in [3.05, 3.63) is 66.4 Å². The van der Waals surface area contributed by atoms with E-state index in [-0.39, 0.29) is 10.8 Å². The molecule has 2 heterocycles. The summed E-state index contributed by atoms with van der Waals surface area (Å²) in [6.07, 6.45) is 3.75. The number of aromatic nitrogens is 1. The van der Waals surface area contributed by atoms with Crippen molar-refractivity contribution in [3.8, 4) is 0 Å². The van der Waals surface area contributed by atoms with Crippen LogP contribution in [0.1, 0.15) is 24.8 Å². The SMILES string of the molecule is N[C@H](Cc1c[nH]c2ccccc12)NC(=O)C1CCCCN1S(=O)(=O)c1ccccc1. The van der Waals surface area contributed by atoms with Gasteiger partial charge in [-0.1, -0.05) is 42.8 Å². The maximum absolute atomic E-state index is 13.1. The molecule has 1 fully saturated rings. The molecule has 8 heteroatoms. The van der Waals surface area contributed by atoms with E-state index in [4.69, 9.17) is 5.73 Å². The highest BCUT2D eigenvalue weighted by Gasteiger charge is 2.37. The highest BCUT2D eigenvalue weighted by atomic mass is 32.2. The summed E-state index contributed by atoms with van der Waals surface area (Å²) in [6, 6.07) is 15.4. The zero-order valence-corrected chi connectivity index (χ0v) is 17.4. The second-order valence-electron chi connectivity index (χ2n) is 7.62. The Kier molecular flexibility index (Phi) is 5.90. The molecule has 1 aromatic heterocycles. The van der Waals surface area contributed by atoms with Crippen molar-refractivity contribution >= 4 is 26.8 Å². The third-order valence-corrected chi connectivity index (χ3v) is 7.47. The van der Waals surface area contributed by atoms with Gasteiger partial charge in [-0.15, -0.1) is 0 Å². The highest BCUT2D eigenvalue weighted by Crippen LogP contribution is 2.25. The van der Waals surface area contributed by atoms with E-state index in [0.717, 1.165) is 29.3 Å². The second kappa shape index (κ2) is 8.59. The van der Waals surface area contributed by atoms with E-state index < -0.39 is 22.2 Å². The number of aromatic amines is 1. The fraction of sp³-hybridized carbons (Fsp3) is 0.318. The maximum atomic E-state index is 13.1. The largest absolute Gasteiger partial charge is 0.361 e. The third-order valence-electron chi connectivity index (χ3n) is 5.55. The molecule has 4 N–H and O–H groups in total. The van der Waals surface area contributed by atoms with Crippen molar-refractivity contribution in [2.75, 3.05) is 6.54 Å². The lowest BCUT2D eigenvalue weighted by atomic mass is 10.0. The first kappa shape index (κ1) is 20.6. The van der Waals surface area contributed by atoms with Gasteiger partial charge in [0.2, 0.25) is 15.9 Å². The lowest BCUT2D eigenvalue weighted by Gasteiger charge is -2.34. The van der Waals surface area contributed by atoms with Crippen LogP contribution in [0, 0.1) is 0 Å². The summed E-state index contributed by atoms with van der Waals surface area (Å²) in [5, 5.41) is 3.89. The van der Waals surface area contributed by atoms with Crippen molar-refractivity contribution < 1.29 is 13.2 Å². The second-order valence-corrected chi connectivity index (χ2v) is 9.51. The number of rotatable bonds is 6. The van der Waals surface area contributed by atoms with Crippen molar-refractivity contribution in [1.82, 2.24) is 14.6 Å². The number of hydrogen-bond acceptors (Lipinski definition) is 4. The van der Waals surface area contributed by atoms with Gasteiger partial charge in [0.1, 0.15) is 6.04 Å². The Balaban J connectivity index is 1.48. The Bertz CT molecular complexity index is 1130. The number of carbonyl (C=O) groups is 1. The molecule has 7 nitrogen and oxygen atoms in total. The molecule has 0 spiro atoms. The van der Waals surface area contributed by atoms with E-state index in [2.05, 4.69) is 10.3 Å². The standard InChI is InChI=1S/C22H26N4O3S/c23-21(14-16-15-24-19-11-5-4-10-18(16)19)25-22(27)20-12-6-7-13-26(20)30(28,29)17-8-2-1-3-9-17/h1-5,8-11,15,20-21,24H,6-7,12-14,23H2,(H,25,27)/t20?,21-/m0/s1. The van der Waals surface area contributed by atoms with Crippen LogP contribution in [-0.4, -0.2) is 42.4 Å². The van der Waals surface area contributed by atoms with Crippen LogP contribution in [0.3, 0.4) is 0 Å². The van der Waals surface area contributed by atoms with E-state index in [0.29, 0.717) is 19.4 Å². The zero-order chi connectivity index (χ0) is 21.1. The molecular weight excluding hydrogens is 400 g/mol. The van der Waals surface area contributed by atoms with Gasteiger partial charge in [-0.2, -0.15) is 4.31 Å². The number of amides is 1. The van der Waals surface area contributed by atoms with Crippen LogP contribution in [-0.2, 0) is 21.2 Å². The van der Waals surface area contributed by atoms with Crippen LogP contribution < -0.4 is 11.1 Å². The summed E-state index contributed by atoms with van der Waals surface area (Å²) in [4.78, 5) is 16.4. The normalized spacial score (nSPS) is 18.9. The van der Waals surface area contributed by atoms with Crippen LogP contribution in [0.5, 0.6) is 0 Å². The van der Waals surface area contributed by atoms with Crippen LogP contribution in [0.4, 0.5) is 0 Å². The Morgan fingerprint density at radius 2 is 1.87 bits per heavy atom. The van der Waals surface area contributed by atoms with E-state index >= 15 is 0 Å². The summed E-state index contributed by atoms with van der Waals surface area (Å²) in [5.41, 5.74) is 8.24. The number of carbonyl (C=O) groups excluding carboxylic acids is 1. The van der Waals surface area contributed by atoms with Gasteiger partial charge in [0, 0.05) is 30.1 Å². The van der Waals surface area contributed by atoms with Gasteiger partial charge >= 0.3 is 0 Å². The molecule has 0 radical (unpaired) electrons. The lowest BCUT2D eigenvalue weighted by molar-refractivity contribution is -0.126. The lowest BCUT2D eigenvalue weighted by Crippen LogP contribution is -2.55. The van der Waals surface area contributed by atoms with Crippen LogP contribution >= 0.6 is 0 Å². The molecule has 4 rings (SSSR count). The number of para-hydroxylation sites is 1. The van der Waals surface area contributed by atoms with Gasteiger partial charge < -0.3 is 16.0 Å². The minimum absolute atomic E-state index is 0.202. The molecule has 0 saturated carbocycles. The number of nitrogens with zero attached hydrogens (tertiary/aromatic N) is 1. The summed E-state index contributed by atoms with van der Waals surface area (Å²) in [7, 11) is -3.74. The predicted octanol–water partition coefficient (Wildman–Crippen LogP) is 2.35. The summed E-state index contributed by atoms with van der Waals surface area (Å²) in [5.74, 6) is -0.346. The number of sulfonamides is 1. The Hall–Kier alpha value is -2.68. The van der Waals surface area contributed by atoms with Crippen LogP contribution in [0.2, 0.25) is 0 Å². The molecule has 158 valence electrons. The third kappa shape index (κ3) is 4.12. The van der Waals surface area contributed by atoms with Crippen LogP contribution in [0.25, 0.3) is 10.9 Å². The predicted molar refractivity (Wildman–Crippen MR) is 116 cm³/mol.